The number of hydrogen-bond acceptors (Lipinski definition) is 2. The van der Waals surface area contributed by atoms with Crippen LogP contribution < -0.4 is 5.32 Å². The fourth-order valence-electron chi connectivity index (χ4n) is 1.85. The summed E-state index contributed by atoms with van der Waals surface area (Å²) in [6.45, 7) is 3.55. The number of nitrogens with one attached hydrogen (secondary N) is 1. The van der Waals surface area contributed by atoms with Gasteiger partial charge in [0.1, 0.15) is 11.5 Å². The Bertz CT molecular complexity index is 560. The molecule has 1 unspecified atom stereocenters. The summed E-state index contributed by atoms with van der Waals surface area (Å²) in [5, 5.41) is 2.83. The van der Waals surface area contributed by atoms with Crippen LogP contribution in [0, 0.1) is 6.92 Å². The lowest BCUT2D eigenvalue weighted by Crippen LogP contribution is -2.13. The van der Waals surface area contributed by atoms with Crippen molar-refractivity contribution < 1.29 is 17.6 Å². The van der Waals surface area contributed by atoms with E-state index in [2.05, 4.69) is 5.32 Å². The van der Waals surface area contributed by atoms with E-state index >= 15 is 0 Å². The number of furan rings is 1. The van der Waals surface area contributed by atoms with Crippen molar-refractivity contribution in [2.75, 3.05) is 5.32 Å². The number of anilines is 1. The van der Waals surface area contributed by atoms with Gasteiger partial charge in [-0.15, -0.1) is 0 Å². The molecule has 0 fully saturated rings. The van der Waals surface area contributed by atoms with Crippen LogP contribution in [0.3, 0.4) is 0 Å². The zero-order valence-corrected chi connectivity index (χ0v) is 10.6. The molecule has 5 heteroatoms. The van der Waals surface area contributed by atoms with Crippen molar-refractivity contribution in [1.29, 1.82) is 0 Å². The lowest BCUT2D eigenvalue weighted by atomic mass is 10.1. The lowest BCUT2D eigenvalue weighted by Gasteiger charge is -2.17. The van der Waals surface area contributed by atoms with Gasteiger partial charge < -0.3 is 9.73 Å². The Kier molecular flexibility index (Phi) is 3.55. The average Bonchev–Trinajstić information content (AvgIpc) is 2.75. The van der Waals surface area contributed by atoms with Gasteiger partial charge in [0.15, 0.2) is 0 Å². The highest BCUT2D eigenvalue weighted by Crippen LogP contribution is 2.36. The van der Waals surface area contributed by atoms with Crippen molar-refractivity contribution >= 4 is 5.69 Å². The third-order valence-electron chi connectivity index (χ3n) is 2.79. The maximum atomic E-state index is 12.8. The van der Waals surface area contributed by atoms with E-state index in [1.807, 2.05) is 0 Å². The lowest BCUT2D eigenvalue weighted by molar-refractivity contribution is -0.137. The van der Waals surface area contributed by atoms with E-state index in [1.54, 1.807) is 32.0 Å². The molecule has 0 amide bonds. The molecule has 1 aromatic heterocycles. The van der Waals surface area contributed by atoms with Gasteiger partial charge in [0.2, 0.25) is 0 Å². The Balaban J connectivity index is 2.24. The molecule has 0 radical (unpaired) electrons. The number of halogens is 3. The Morgan fingerprint density at radius 1 is 1.11 bits per heavy atom. The minimum absolute atomic E-state index is 0.0524. The van der Waals surface area contributed by atoms with E-state index in [0.717, 1.165) is 11.8 Å². The topological polar surface area (TPSA) is 25.2 Å². The molecule has 1 atom stereocenters. The minimum atomic E-state index is -4.37. The number of rotatable bonds is 3. The quantitative estimate of drug-likeness (QED) is 0.867. The van der Waals surface area contributed by atoms with Gasteiger partial charge in [-0.25, -0.2) is 0 Å². The number of alkyl halides is 3. The second kappa shape index (κ2) is 4.99. The normalized spacial score (nSPS) is 13.3. The number of benzene rings is 1. The van der Waals surface area contributed by atoms with Crippen molar-refractivity contribution in [2.24, 2.45) is 0 Å². The highest BCUT2D eigenvalue weighted by atomic mass is 19.4. The van der Waals surface area contributed by atoms with E-state index in [1.165, 1.54) is 12.1 Å². The Hall–Kier alpha value is -1.91. The molecule has 0 aliphatic carbocycles. The minimum Gasteiger partial charge on any atom is -0.464 e. The number of para-hydroxylation sites is 1. The Labute approximate surface area is 109 Å². The van der Waals surface area contributed by atoms with Gasteiger partial charge in [-0.3, -0.25) is 0 Å². The van der Waals surface area contributed by atoms with E-state index in [9.17, 15) is 13.2 Å². The van der Waals surface area contributed by atoms with Crippen LogP contribution in [0.15, 0.2) is 40.8 Å². The molecule has 2 nitrogen and oxygen atoms in total. The fourth-order valence-corrected chi connectivity index (χ4v) is 1.85. The molecule has 102 valence electrons. The van der Waals surface area contributed by atoms with E-state index < -0.39 is 11.7 Å². The molecule has 2 aromatic rings. The van der Waals surface area contributed by atoms with Gasteiger partial charge in [-0.2, -0.15) is 13.2 Å². The highest BCUT2D eigenvalue weighted by Gasteiger charge is 2.33. The molecule has 1 aromatic carbocycles. The zero-order chi connectivity index (χ0) is 14.0. The molecule has 2 rings (SSSR count). The van der Waals surface area contributed by atoms with Gasteiger partial charge in [-0.05, 0) is 38.1 Å². The van der Waals surface area contributed by atoms with Crippen LogP contribution >= 0.6 is 0 Å². The van der Waals surface area contributed by atoms with E-state index in [4.69, 9.17) is 4.42 Å². The Morgan fingerprint density at radius 2 is 1.79 bits per heavy atom. The summed E-state index contributed by atoms with van der Waals surface area (Å²) in [4.78, 5) is 0. The average molecular weight is 269 g/mol. The second-order valence-corrected chi connectivity index (χ2v) is 4.36. The molecule has 1 N–H and O–H groups in total. The van der Waals surface area contributed by atoms with Crippen molar-refractivity contribution in [1.82, 2.24) is 0 Å². The summed E-state index contributed by atoms with van der Waals surface area (Å²) < 4.78 is 43.9. The first kappa shape index (κ1) is 13.5. The van der Waals surface area contributed by atoms with Crippen LogP contribution in [-0.4, -0.2) is 0 Å². The third kappa shape index (κ3) is 3.10. The van der Waals surface area contributed by atoms with Crippen molar-refractivity contribution in [3.8, 4) is 0 Å². The first-order chi connectivity index (χ1) is 8.88. The zero-order valence-electron chi connectivity index (χ0n) is 10.6. The van der Waals surface area contributed by atoms with Crippen LogP contribution in [-0.2, 0) is 6.18 Å². The van der Waals surface area contributed by atoms with E-state index in [-0.39, 0.29) is 11.7 Å². The molecule has 0 aliphatic rings. The van der Waals surface area contributed by atoms with Crippen LogP contribution in [0.1, 0.15) is 30.0 Å². The third-order valence-corrected chi connectivity index (χ3v) is 2.79. The predicted octanol–water partition coefficient (Wildman–Crippen LogP) is 4.78. The summed E-state index contributed by atoms with van der Waals surface area (Å²) in [5.41, 5.74) is -0.623. The van der Waals surface area contributed by atoms with Gasteiger partial charge in [-0.1, -0.05) is 12.1 Å². The first-order valence-electron chi connectivity index (χ1n) is 5.87. The predicted molar refractivity (Wildman–Crippen MR) is 66.9 cm³/mol. The largest absolute Gasteiger partial charge is 0.464 e. The summed E-state index contributed by atoms with van der Waals surface area (Å²) in [5.74, 6) is 1.34. The SMILES string of the molecule is Cc1ccc(C(C)Nc2ccccc2C(F)(F)F)o1. The molecule has 0 saturated heterocycles. The smallest absolute Gasteiger partial charge is 0.418 e. The molecule has 0 saturated carbocycles. The molecular weight excluding hydrogens is 255 g/mol. The molecule has 0 bridgehead atoms. The summed E-state index contributed by atoms with van der Waals surface area (Å²) in [6.07, 6.45) is -4.37. The summed E-state index contributed by atoms with van der Waals surface area (Å²) >= 11 is 0. The van der Waals surface area contributed by atoms with Crippen molar-refractivity contribution in [3.63, 3.8) is 0 Å². The molecule has 0 aliphatic heterocycles. The van der Waals surface area contributed by atoms with Gasteiger partial charge in [0.05, 0.1) is 11.6 Å². The number of hydrogen-bond donors (Lipinski definition) is 1. The molecule has 1 heterocycles. The van der Waals surface area contributed by atoms with Crippen molar-refractivity contribution in [2.45, 2.75) is 26.1 Å². The monoisotopic (exact) mass is 269 g/mol. The van der Waals surface area contributed by atoms with E-state index in [0.29, 0.717) is 5.76 Å². The second-order valence-electron chi connectivity index (χ2n) is 4.36. The van der Waals surface area contributed by atoms with Crippen LogP contribution in [0.2, 0.25) is 0 Å². The van der Waals surface area contributed by atoms with Crippen LogP contribution in [0.4, 0.5) is 18.9 Å². The number of aryl methyl sites for hydroxylation is 1. The van der Waals surface area contributed by atoms with Crippen LogP contribution in [0.5, 0.6) is 0 Å². The fraction of sp³-hybridized carbons (Fsp3) is 0.286. The van der Waals surface area contributed by atoms with Gasteiger partial charge in [0, 0.05) is 5.69 Å². The summed E-state index contributed by atoms with van der Waals surface area (Å²) in [6, 6.07) is 8.61. The van der Waals surface area contributed by atoms with Crippen LogP contribution in [0.25, 0.3) is 0 Å². The maximum absolute atomic E-state index is 12.8. The standard InChI is InChI=1S/C14H14F3NO/c1-9-7-8-13(19-9)10(2)18-12-6-4-3-5-11(12)14(15,16)17/h3-8,10,18H,1-2H3. The van der Waals surface area contributed by atoms with Gasteiger partial charge in [0.25, 0.3) is 0 Å². The van der Waals surface area contributed by atoms with Crippen molar-refractivity contribution in [3.05, 3.63) is 53.5 Å². The van der Waals surface area contributed by atoms with Gasteiger partial charge >= 0.3 is 6.18 Å². The highest BCUT2D eigenvalue weighted by molar-refractivity contribution is 5.53. The summed E-state index contributed by atoms with van der Waals surface area (Å²) in [7, 11) is 0. The molecule has 19 heavy (non-hydrogen) atoms. The Morgan fingerprint density at radius 3 is 2.37 bits per heavy atom. The maximum Gasteiger partial charge on any atom is 0.418 e. The molecule has 0 spiro atoms. The first-order valence-corrected chi connectivity index (χ1v) is 5.87. The molecular formula is C14H14F3NO.